The fraction of sp³-hybridized carbons (Fsp3) is 0.909. The monoisotopic (exact) mass is 237 g/mol. The second-order valence-electron chi connectivity index (χ2n) is 5.30. The quantitative estimate of drug-likeness (QED) is 0.773. The topological polar surface area (TPSA) is 63.3 Å². The smallest absolute Gasteiger partial charge is 0.323 e. The average Bonchev–Trinajstić information content (AvgIpc) is 1.97. The molecule has 1 atom stereocenters. The third-order valence-electron chi connectivity index (χ3n) is 2.25. The van der Waals surface area contributed by atoms with Crippen LogP contribution in [0.15, 0.2) is 0 Å². The van der Waals surface area contributed by atoms with Crippen LogP contribution in [0.4, 0.5) is 0 Å². The molecule has 0 aromatic carbocycles. The molecule has 0 saturated carbocycles. The number of rotatable bonds is 5. The summed E-state index contributed by atoms with van der Waals surface area (Å²) in [5.41, 5.74) is 4.83. The predicted octanol–water partition coefficient (Wildman–Crippen LogP) is 2.82. The van der Waals surface area contributed by atoms with Gasteiger partial charge in [-0.3, -0.25) is 4.79 Å². The summed E-state index contributed by atoms with van der Waals surface area (Å²) in [5, 5.41) is 9.10. The molecule has 0 aliphatic heterocycles. The zero-order chi connectivity index (χ0) is 11.4. The summed E-state index contributed by atoms with van der Waals surface area (Å²) >= 11 is 0. The molecule has 4 heteroatoms. The number of carboxylic acids is 1. The van der Waals surface area contributed by atoms with Crippen molar-refractivity contribution in [2.75, 3.05) is 0 Å². The van der Waals surface area contributed by atoms with E-state index in [0.29, 0.717) is 12.8 Å². The molecule has 0 aromatic heterocycles. The van der Waals surface area contributed by atoms with Crippen LogP contribution < -0.4 is 5.73 Å². The van der Waals surface area contributed by atoms with Crippen LogP contribution in [0.1, 0.15) is 53.4 Å². The van der Waals surface area contributed by atoms with Crippen LogP contribution in [0.3, 0.4) is 0 Å². The van der Waals surface area contributed by atoms with Crippen molar-refractivity contribution in [2.24, 2.45) is 11.1 Å². The number of hydrogen-bond donors (Lipinski definition) is 2. The summed E-state index contributed by atoms with van der Waals surface area (Å²) in [5.74, 6) is -0.874. The molecule has 15 heavy (non-hydrogen) atoms. The molecule has 0 radical (unpaired) electrons. The largest absolute Gasteiger partial charge is 0.480 e. The molecule has 0 bridgehead atoms. The number of unbranched alkanes of at least 4 members (excludes halogenated alkanes) is 1. The zero-order valence-electron chi connectivity index (χ0n) is 10.2. The molecular weight excluding hydrogens is 214 g/mol. The van der Waals surface area contributed by atoms with Crippen LogP contribution in [-0.2, 0) is 4.79 Å². The van der Waals surface area contributed by atoms with E-state index < -0.39 is 11.5 Å². The van der Waals surface area contributed by atoms with Gasteiger partial charge in [0.1, 0.15) is 5.54 Å². The molecule has 0 rings (SSSR count). The summed E-state index contributed by atoms with van der Waals surface area (Å²) in [6.45, 7) is 8.09. The van der Waals surface area contributed by atoms with Crippen molar-refractivity contribution in [1.29, 1.82) is 0 Å². The number of hydrogen-bond acceptors (Lipinski definition) is 2. The number of halogens is 1. The second kappa shape index (κ2) is 6.33. The van der Waals surface area contributed by atoms with Crippen LogP contribution >= 0.6 is 12.4 Å². The zero-order valence-corrected chi connectivity index (χ0v) is 11.0. The number of carboxylic acid groups (broad SMARTS) is 1. The van der Waals surface area contributed by atoms with Gasteiger partial charge in [0.25, 0.3) is 0 Å². The maximum atomic E-state index is 11.1. The Balaban J connectivity index is 0. The summed E-state index contributed by atoms with van der Waals surface area (Å²) in [7, 11) is 0. The molecule has 0 spiro atoms. The van der Waals surface area contributed by atoms with Gasteiger partial charge in [0.15, 0.2) is 0 Å². The van der Waals surface area contributed by atoms with Crippen molar-refractivity contribution < 1.29 is 9.90 Å². The van der Waals surface area contributed by atoms with Gasteiger partial charge in [-0.2, -0.15) is 0 Å². The molecular formula is C11H24ClNO2. The predicted molar refractivity (Wildman–Crippen MR) is 65.4 cm³/mol. The Bertz CT molecular complexity index is 201. The Kier molecular flexibility index (Phi) is 7.23. The van der Waals surface area contributed by atoms with E-state index in [2.05, 4.69) is 0 Å². The van der Waals surface area contributed by atoms with E-state index in [9.17, 15) is 4.79 Å². The summed E-state index contributed by atoms with van der Waals surface area (Å²) in [6.07, 6.45) is 2.95. The van der Waals surface area contributed by atoms with Crippen molar-refractivity contribution in [1.82, 2.24) is 0 Å². The van der Waals surface area contributed by atoms with Crippen molar-refractivity contribution >= 4 is 18.4 Å². The lowest BCUT2D eigenvalue weighted by atomic mass is 9.78. The second-order valence-corrected chi connectivity index (χ2v) is 5.30. The van der Waals surface area contributed by atoms with Gasteiger partial charge in [-0.1, -0.05) is 40.5 Å². The van der Waals surface area contributed by atoms with Crippen LogP contribution in [-0.4, -0.2) is 16.6 Å². The van der Waals surface area contributed by atoms with E-state index >= 15 is 0 Å². The summed E-state index contributed by atoms with van der Waals surface area (Å²) < 4.78 is 0. The highest BCUT2D eigenvalue weighted by Crippen LogP contribution is 2.29. The van der Waals surface area contributed by atoms with E-state index in [1.165, 1.54) is 0 Å². The summed E-state index contributed by atoms with van der Waals surface area (Å²) in [6, 6.07) is 0. The van der Waals surface area contributed by atoms with Crippen LogP contribution in [0, 0.1) is 5.41 Å². The SMILES string of the molecule is CCCC[C@@](N)(CC(C)(C)C)C(=O)O.Cl. The van der Waals surface area contributed by atoms with E-state index in [4.69, 9.17) is 10.8 Å². The van der Waals surface area contributed by atoms with Gasteiger partial charge in [0.05, 0.1) is 0 Å². The number of nitrogens with two attached hydrogens (primary N) is 1. The first kappa shape index (κ1) is 17.1. The highest BCUT2D eigenvalue weighted by Gasteiger charge is 2.37. The summed E-state index contributed by atoms with van der Waals surface area (Å²) in [4.78, 5) is 11.1. The van der Waals surface area contributed by atoms with Gasteiger partial charge in [-0.15, -0.1) is 12.4 Å². The highest BCUT2D eigenvalue weighted by molar-refractivity contribution is 5.85. The molecule has 0 unspecified atom stereocenters. The van der Waals surface area contributed by atoms with Gasteiger partial charge >= 0.3 is 5.97 Å². The van der Waals surface area contributed by atoms with Gasteiger partial charge in [-0.05, 0) is 18.3 Å². The molecule has 3 N–H and O–H groups in total. The first-order valence-electron chi connectivity index (χ1n) is 5.23. The Morgan fingerprint density at radius 3 is 2.07 bits per heavy atom. The lowest BCUT2D eigenvalue weighted by Gasteiger charge is -2.31. The fourth-order valence-electron chi connectivity index (χ4n) is 1.71. The molecule has 0 amide bonds. The number of aliphatic carboxylic acids is 1. The molecule has 0 fully saturated rings. The first-order valence-corrected chi connectivity index (χ1v) is 5.23. The molecule has 0 aliphatic carbocycles. The van der Waals surface area contributed by atoms with Crippen molar-refractivity contribution in [3.05, 3.63) is 0 Å². The van der Waals surface area contributed by atoms with E-state index in [-0.39, 0.29) is 17.8 Å². The van der Waals surface area contributed by atoms with Crippen LogP contribution in [0.2, 0.25) is 0 Å². The van der Waals surface area contributed by atoms with Crippen molar-refractivity contribution in [3.63, 3.8) is 0 Å². The highest BCUT2D eigenvalue weighted by atomic mass is 35.5. The number of carbonyl (C=O) groups is 1. The van der Waals surface area contributed by atoms with Crippen LogP contribution in [0.5, 0.6) is 0 Å². The maximum Gasteiger partial charge on any atom is 0.323 e. The molecule has 3 nitrogen and oxygen atoms in total. The van der Waals surface area contributed by atoms with Gasteiger partial charge in [0.2, 0.25) is 0 Å². The van der Waals surface area contributed by atoms with E-state index in [1.54, 1.807) is 0 Å². The van der Waals surface area contributed by atoms with Crippen LogP contribution in [0.25, 0.3) is 0 Å². The lowest BCUT2D eigenvalue weighted by Crippen LogP contribution is -2.50. The minimum absolute atomic E-state index is 0. The molecule has 0 saturated heterocycles. The third kappa shape index (κ3) is 6.74. The molecule has 0 aliphatic rings. The van der Waals surface area contributed by atoms with Crippen molar-refractivity contribution in [3.8, 4) is 0 Å². The fourth-order valence-corrected chi connectivity index (χ4v) is 1.71. The van der Waals surface area contributed by atoms with E-state index in [0.717, 1.165) is 12.8 Å². The Labute approximate surface area is 98.8 Å². The first-order chi connectivity index (χ1) is 6.21. The van der Waals surface area contributed by atoms with Gasteiger partial charge < -0.3 is 10.8 Å². The minimum Gasteiger partial charge on any atom is -0.480 e. The normalized spacial score (nSPS) is 15.3. The van der Waals surface area contributed by atoms with Gasteiger partial charge in [0, 0.05) is 0 Å². The lowest BCUT2D eigenvalue weighted by molar-refractivity contribution is -0.145. The Morgan fingerprint density at radius 2 is 1.80 bits per heavy atom. The molecule has 0 heterocycles. The molecule has 0 aromatic rings. The van der Waals surface area contributed by atoms with Gasteiger partial charge in [-0.25, -0.2) is 0 Å². The maximum absolute atomic E-state index is 11.1. The molecule has 92 valence electrons. The van der Waals surface area contributed by atoms with Crippen molar-refractivity contribution in [2.45, 2.75) is 58.9 Å². The minimum atomic E-state index is -1.05. The van der Waals surface area contributed by atoms with E-state index in [1.807, 2.05) is 27.7 Å². The third-order valence-corrected chi connectivity index (χ3v) is 2.25. The Hall–Kier alpha value is -0.280. The average molecular weight is 238 g/mol. The standard InChI is InChI=1S/C11H23NO2.ClH/c1-5-6-7-11(12,9(13)14)8-10(2,3)4;/h5-8,12H2,1-4H3,(H,13,14);1H/t11-;/m1./s1. The Morgan fingerprint density at radius 1 is 1.33 bits per heavy atom.